The van der Waals surface area contributed by atoms with Gasteiger partial charge in [-0.3, -0.25) is 0 Å². The second-order valence-corrected chi connectivity index (χ2v) is 3.84. The Labute approximate surface area is 85.2 Å². The average Bonchev–Trinajstić information content (AvgIpc) is 2.61. The molecule has 0 radical (unpaired) electrons. The maximum atomic E-state index is 11.3. The summed E-state index contributed by atoms with van der Waals surface area (Å²) in [5.41, 5.74) is 0. The molecule has 4 heteroatoms. The Morgan fingerprint density at radius 1 is 1.57 bits per heavy atom. The van der Waals surface area contributed by atoms with Gasteiger partial charge in [-0.05, 0) is 26.7 Å². The van der Waals surface area contributed by atoms with Crippen molar-refractivity contribution < 1.29 is 14.3 Å². The Kier molecular flexibility index (Phi) is 4.20. The SMILES string of the molecule is COC(=O)N1CCCC1COC(C)C. The summed E-state index contributed by atoms with van der Waals surface area (Å²) in [5, 5.41) is 0. The second kappa shape index (κ2) is 5.20. The Hall–Kier alpha value is -0.770. The molecule has 0 saturated carbocycles. The molecule has 1 heterocycles. The van der Waals surface area contributed by atoms with E-state index in [-0.39, 0.29) is 18.2 Å². The number of hydrogen-bond donors (Lipinski definition) is 0. The summed E-state index contributed by atoms with van der Waals surface area (Å²) in [6.45, 7) is 5.40. The molecule has 0 aromatic heterocycles. The fourth-order valence-corrected chi connectivity index (χ4v) is 1.67. The Morgan fingerprint density at radius 2 is 2.29 bits per heavy atom. The van der Waals surface area contributed by atoms with Gasteiger partial charge in [-0.1, -0.05) is 0 Å². The van der Waals surface area contributed by atoms with Crippen molar-refractivity contribution in [3.63, 3.8) is 0 Å². The van der Waals surface area contributed by atoms with Crippen LogP contribution in [-0.4, -0.2) is 43.4 Å². The summed E-state index contributed by atoms with van der Waals surface area (Å²) in [6.07, 6.45) is 2.04. The molecule has 0 spiro atoms. The monoisotopic (exact) mass is 201 g/mol. The normalized spacial score (nSPS) is 21.7. The van der Waals surface area contributed by atoms with Gasteiger partial charge in [-0.15, -0.1) is 0 Å². The van der Waals surface area contributed by atoms with Gasteiger partial charge in [0.1, 0.15) is 0 Å². The topological polar surface area (TPSA) is 38.8 Å². The molecule has 1 fully saturated rings. The maximum absolute atomic E-state index is 11.3. The van der Waals surface area contributed by atoms with Crippen LogP contribution >= 0.6 is 0 Å². The zero-order chi connectivity index (χ0) is 10.6. The van der Waals surface area contributed by atoms with Crippen LogP contribution in [0.3, 0.4) is 0 Å². The fourth-order valence-electron chi connectivity index (χ4n) is 1.67. The van der Waals surface area contributed by atoms with Crippen LogP contribution in [0.2, 0.25) is 0 Å². The molecule has 1 saturated heterocycles. The van der Waals surface area contributed by atoms with Gasteiger partial charge in [0.2, 0.25) is 0 Å². The first kappa shape index (κ1) is 11.3. The van der Waals surface area contributed by atoms with E-state index >= 15 is 0 Å². The summed E-state index contributed by atoms with van der Waals surface area (Å²) in [7, 11) is 1.42. The molecule has 1 amide bonds. The molecule has 14 heavy (non-hydrogen) atoms. The van der Waals surface area contributed by atoms with Crippen LogP contribution in [-0.2, 0) is 9.47 Å². The summed E-state index contributed by atoms with van der Waals surface area (Å²) >= 11 is 0. The quantitative estimate of drug-likeness (QED) is 0.696. The first-order chi connectivity index (χ1) is 6.65. The molecule has 82 valence electrons. The first-order valence-corrected chi connectivity index (χ1v) is 5.11. The zero-order valence-electron chi connectivity index (χ0n) is 9.16. The van der Waals surface area contributed by atoms with Crippen LogP contribution in [0.25, 0.3) is 0 Å². The molecule has 1 aliphatic rings. The number of carbonyl (C=O) groups is 1. The van der Waals surface area contributed by atoms with Crippen molar-refractivity contribution in [1.82, 2.24) is 4.90 Å². The fraction of sp³-hybridized carbons (Fsp3) is 0.900. The maximum Gasteiger partial charge on any atom is 0.409 e. The van der Waals surface area contributed by atoms with Crippen molar-refractivity contribution >= 4 is 6.09 Å². The molecular formula is C10H19NO3. The number of nitrogens with zero attached hydrogens (tertiary/aromatic N) is 1. The Balaban J connectivity index is 2.39. The number of hydrogen-bond acceptors (Lipinski definition) is 3. The van der Waals surface area contributed by atoms with E-state index in [0.29, 0.717) is 6.61 Å². The predicted molar refractivity (Wildman–Crippen MR) is 53.2 cm³/mol. The molecule has 4 nitrogen and oxygen atoms in total. The van der Waals surface area contributed by atoms with E-state index < -0.39 is 0 Å². The highest BCUT2D eigenvalue weighted by Gasteiger charge is 2.29. The van der Waals surface area contributed by atoms with Gasteiger partial charge in [0.25, 0.3) is 0 Å². The van der Waals surface area contributed by atoms with Gasteiger partial charge in [0.15, 0.2) is 0 Å². The van der Waals surface area contributed by atoms with E-state index in [9.17, 15) is 4.79 Å². The molecule has 0 bridgehead atoms. The lowest BCUT2D eigenvalue weighted by Crippen LogP contribution is -2.38. The lowest BCUT2D eigenvalue weighted by Gasteiger charge is -2.23. The third-order valence-electron chi connectivity index (χ3n) is 2.41. The van der Waals surface area contributed by atoms with E-state index in [1.165, 1.54) is 7.11 Å². The van der Waals surface area contributed by atoms with Gasteiger partial charge < -0.3 is 14.4 Å². The third-order valence-corrected chi connectivity index (χ3v) is 2.41. The molecule has 1 rings (SSSR count). The Bertz CT molecular complexity index is 194. The second-order valence-electron chi connectivity index (χ2n) is 3.84. The van der Waals surface area contributed by atoms with Gasteiger partial charge in [0, 0.05) is 6.54 Å². The molecule has 0 aromatic carbocycles. The van der Waals surface area contributed by atoms with Crippen LogP contribution in [0.1, 0.15) is 26.7 Å². The number of amides is 1. The van der Waals surface area contributed by atoms with E-state index in [1.54, 1.807) is 4.90 Å². The number of likely N-dealkylation sites (tertiary alicyclic amines) is 1. The van der Waals surface area contributed by atoms with Crippen molar-refractivity contribution in [1.29, 1.82) is 0 Å². The predicted octanol–water partition coefficient (Wildman–Crippen LogP) is 1.64. The van der Waals surface area contributed by atoms with Crippen molar-refractivity contribution in [3.05, 3.63) is 0 Å². The first-order valence-electron chi connectivity index (χ1n) is 5.11. The molecule has 0 aromatic rings. The van der Waals surface area contributed by atoms with Crippen molar-refractivity contribution in [3.8, 4) is 0 Å². The lowest BCUT2D eigenvalue weighted by molar-refractivity contribution is 0.0348. The van der Waals surface area contributed by atoms with Gasteiger partial charge in [-0.25, -0.2) is 4.79 Å². The minimum absolute atomic E-state index is 0.199. The van der Waals surface area contributed by atoms with Gasteiger partial charge in [0.05, 0.1) is 25.9 Å². The van der Waals surface area contributed by atoms with Crippen LogP contribution in [0.5, 0.6) is 0 Å². The third kappa shape index (κ3) is 2.87. The van der Waals surface area contributed by atoms with E-state index in [2.05, 4.69) is 0 Å². The highest BCUT2D eigenvalue weighted by molar-refractivity contribution is 5.68. The highest BCUT2D eigenvalue weighted by atomic mass is 16.5. The van der Waals surface area contributed by atoms with Gasteiger partial charge in [-0.2, -0.15) is 0 Å². The Morgan fingerprint density at radius 3 is 2.86 bits per heavy atom. The van der Waals surface area contributed by atoms with Crippen LogP contribution in [0, 0.1) is 0 Å². The highest BCUT2D eigenvalue weighted by Crippen LogP contribution is 2.18. The summed E-state index contributed by atoms with van der Waals surface area (Å²) < 4.78 is 10.2. The lowest BCUT2D eigenvalue weighted by atomic mass is 10.2. The standard InChI is InChI=1S/C10H19NO3/c1-8(2)14-7-9-5-4-6-11(9)10(12)13-3/h8-9H,4-7H2,1-3H3. The van der Waals surface area contributed by atoms with Crippen LogP contribution in [0.15, 0.2) is 0 Å². The van der Waals surface area contributed by atoms with Crippen LogP contribution in [0.4, 0.5) is 4.79 Å². The molecular weight excluding hydrogens is 182 g/mol. The molecule has 1 atom stereocenters. The van der Waals surface area contributed by atoms with Gasteiger partial charge >= 0.3 is 6.09 Å². The molecule has 1 unspecified atom stereocenters. The van der Waals surface area contributed by atoms with Crippen molar-refractivity contribution in [2.24, 2.45) is 0 Å². The minimum atomic E-state index is -0.236. The number of carbonyl (C=O) groups excluding carboxylic acids is 1. The van der Waals surface area contributed by atoms with E-state index in [1.807, 2.05) is 13.8 Å². The smallest absolute Gasteiger partial charge is 0.409 e. The molecule has 1 aliphatic heterocycles. The number of methoxy groups -OCH3 is 1. The molecule has 0 aliphatic carbocycles. The minimum Gasteiger partial charge on any atom is -0.453 e. The summed E-state index contributed by atoms with van der Waals surface area (Å²) in [5.74, 6) is 0. The number of rotatable bonds is 3. The zero-order valence-corrected chi connectivity index (χ0v) is 9.16. The van der Waals surface area contributed by atoms with Crippen molar-refractivity contribution in [2.75, 3.05) is 20.3 Å². The average molecular weight is 201 g/mol. The molecule has 0 N–H and O–H groups in total. The van der Waals surface area contributed by atoms with E-state index in [0.717, 1.165) is 19.4 Å². The summed E-state index contributed by atoms with van der Waals surface area (Å²) in [6, 6.07) is 0.199. The number of ether oxygens (including phenoxy) is 2. The van der Waals surface area contributed by atoms with Crippen molar-refractivity contribution in [2.45, 2.75) is 38.8 Å². The van der Waals surface area contributed by atoms with Crippen LogP contribution < -0.4 is 0 Å². The largest absolute Gasteiger partial charge is 0.453 e. The summed E-state index contributed by atoms with van der Waals surface area (Å²) in [4.78, 5) is 13.1. The van der Waals surface area contributed by atoms with E-state index in [4.69, 9.17) is 9.47 Å².